The molecule has 0 saturated carbocycles. The summed E-state index contributed by atoms with van der Waals surface area (Å²) in [5, 5.41) is 0.919. The maximum absolute atomic E-state index is 12.3. The van der Waals surface area contributed by atoms with Crippen molar-refractivity contribution in [2.75, 3.05) is 17.7 Å². The number of carbonyl (C=O) groups is 1. The lowest BCUT2D eigenvalue weighted by molar-refractivity contribution is -0.117. The van der Waals surface area contributed by atoms with Gasteiger partial charge in [0.2, 0.25) is 5.91 Å². The molecule has 2 rings (SSSR count). The number of nitrogens with two attached hydrogens (primary N) is 1. The van der Waals surface area contributed by atoms with E-state index in [2.05, 4.69) is 0 Å². The van der Waals surface area contributed by atoms with Gasteiger partial charge in [-0.15, -0.1) is 0 Å². The number of hydrogen-bond acceptors (Lipinski definition) is 2. The number of nitrogen functional groups attached to an aromatic ring is 1. The van der Waals surface area contributed by atoms with Crippen molar-refractivity contribution in [3.05, 3.63) is 58.1 Å². The fourth-order valence-electron chi connectivity index (χ4n) is 1.87. The summed E-state index contributed by atoms with van der Waals surface area (Å²) in [6, 6.07) is 12.4. The molecule has 0 atom stereocenters. The van der Waals surface area contributed by atoms with Gasteiger partial charge >= 0.3 is 0 Å². The maximum atomic E-state index is 12.3. The lowest BCUT2D eigenvalue weighted by Crippen LogP contribution is -2.28. The lowest BCUT2D eigenvalue weighted by Gasteiger charge is -2.19. The van der Waals surface area contributed by atoms with Crippen molar-refractivity contribution in [1.82, 2.24) is 0 Å². The molecule has 0 saturated heterocycles. The maximum Gasteiger partial charge on any atom is 0.231 e. The van der Waals surface area contributed by atoms with Crippen LogP contribution < -0.4 is 10.6 Å². The number of anilines is 2. The molecule has 2 aromatic rings. The van der Waals surface area contributed by atoms with Gasteiger partial charge < -0.3 is 10.6 Å². The molecule has 104 valence electrons. The Bertz CT molecular complexity index is 644. The van der Waals surface area contributed by atoms with Crippen LogP contribution in [0.25, 0.3) is 0 Å². The summed E-state index contributed by atoms with van der Waals surface area (Å²) < 4.78 is 0. The molecule has 0 aromatic heterocycles. The molecule has 1 amide bonds. The summed E-state index contributed by atoms with van der Waals surface area (Å²) in [6.45, 7) is 0. The van der Waals surface area contributed by atoms with Gasteiger partial charge in [-0.3, -0.25) is 4.79 Å². The third-order valence-corrected chi connectivity index (χ3v) is 3.75. The van der Waals surface area contributed by atoms with Crippen LogP contribution in [-0.4, -0.2) is 13.0 Å². The topological polar surface area (TPSA) is 46.3 Å². The van der Waals surface area contributed by atoms with E-state index in [1.54, 1.807) is 31.3 Å². The van der Waals surface area contributed by atoms with E-state index in [1.165, 1.54) is 4.90 Å². The largest absolute Gasteiger partial charge is 0.397 e. The molecular formula is C15H14Cl2N2O. The van der Waals surface area contributed by atoms with Crippen LogP contribution in [0.5, 0.6) is 0 Å². The molecule has 0 fully saturated rings. The number of benzene rings is 2. The van der Waals surface area contributed by atoms with Crippen molar-refractivity contribution in [3.8, 4) is 0 Å². The third-order valence-electron chi connectivity index (χ3n) is 3.01. The number of amides is 1. The van der Waals surface area contributed by atoms with Crippen LogP contribution in [0.1, 0.15) is 5.56 Å². The first-order chi connectivity index (χ1) is 9.49. The van der Waals surface area contributed by atoms with Crippen molar-refractivity contribution in [3.63, 3.8) is 0 Å². The minimum atomic E-state index is -0.0683. The van der Waals surface area contributed by atoms with Gasteiger partial charge in [0.1, 0.15) is 0 Å². The smallest absolute Gasteiger partial charge is 0.231 e. The van der Waals surface area contributed by atoms with Gasteiger partial charge in [0.05, 0.1) is 27.8 Å². The van der Waals surface area contributed by atoms with Gasteiger partial charge in [-0.05, 0) is 29.8 Å². The number of rotatable bonds is 3. The van der Waals surface area contributed by atoms with E-state index in [9.17, 15) is 4.79 Å². The van der Waals surface area contributed by atoms with E-state index in [0.29, 0.717) is 21.4 Å². The summed E-state index contributed by atoms with van der Waals surface area (Å²) in [7, 11) is 1.70. The predicted octanol–water partition coefficient (Wildman–Crippen LogP) is 3.78. The number of para-hydroxylation sites is 2. The molecule has 0 spiro atoms. The van der Waals surface area contributed by atoms with Crippen LogP contribution in [0.2, 0.25) is 10.0 Å². The van der Waals surface area contributed by atoms with Crippen LogP contribution in [0.15, 0.2) is 42.5 Å². The Morgan fingerprint density at radius 2 is 1.85 bits per heavy atom. The second kappa shape index (κ2) is 6.16. The second-order valence-corrected chi connectivity index (χ2v) is 5.25. The molecule has 20 heavy (non-hydrogen) atoms. The monoisotopic (exact) mass is 308 g/mol. The SMILES string of the molecule is CN(C(=O)Cc1ccc(Cl)c(Cl)c1)c1ccccc1N. The number of likely N-dealkylation sites (N-methyl/N-ethyl adjacent to an activating group) is 1. The van der Waals surface area contributed by atoms with Crippen LogP contribution in [-0.2, 0) is 11.2 Å². The first-order valence-electron chi connectivity index (χ1n) is 6.04. The fourth-order valence-corrected chi connectivity index (χ4v) is 2.19. The molecular weight excluding hydrogens is 295 g/mol. The zero-order valence-corrected chi connectivity index (χ0v) is 12.4. The fraction of sp³-hybridized carbons (Fsp3) is 0.133. The van der Waals surface area contributed by atoms with Gasteiger partial charge in [-0.1, -0.05) is 41.4 Å². The highest BCUT2D eigenvalue weighted by Gasteiger charge is 2.14. The first kappa shape index (κ1) is 14.7. The number of hydrogen-bond donors (Lipinski definition) is 1. The quantitative estimate of drug-likeness (QED) is 0.877. The Hall–Kier alpha value is -1.71. The Labute approximate surface area is 127 Å². The molecule has 2 N–H and O–H groups in total. The third kappa shape index (κ3) is 3.24. The Morgan fingerprint density at radius 1 is 1.15 bits per heavy atom. The van der Waals surface area contributed by atoms with E-state index in [-0.39, 0.29) is 12.3 Å². The average Bonchev–Trinajstić information content (AvgIpc) is 2.42. The van der Waals surface area contributed by atoms with Crippen LogP contribution in [0, 0.1) is 0 Å². The van der Waals surface area contributed by atoms with Crippen LogP contribution in [0.4, 0.5) is 11.4 Å². The molecule has 0 heterocycles. The Morgan fingerprint density at radius 3 is 2.50 bits per heavy atom. The summed E-state index contributed by atoms with van der Waals surface area (Å²) >= 11 is 11.8. The Kier molecular flexibility index (Phi) is 4.53. The summed E-state index contributed by atoms with van der Waals surface area (Å²) in [5.74, 6) is -0.0683. The van der Waals surface area contributed by atoms with E-state index in [4.69, 9.17) is 28.9 Å². The number of halogens is 2. The molecule has 0 aliphatic rings. The van der Waals surface area contributed by atoms with E-state index >= 15 is 0 Å². The molecule has 0 bridgehead atoms. The predicted molar refractivity (Wildman–Crippen MR) is 84.4 cm³/mol. The normalized spacial score (nSPS) is 10.3. The summed E-state index contributed by atoms with van der Waals surface area (Å²) in [6.07, 6.45) is 0.238. The van der Waals surface area contributed by atoms with Crippen molar-refractivity contribution < 1.29 is 4.79 Å². The molecule has 3 nitrogen and oxygen atoms in total. The molecule has 0 unspecified atom stereocenters. The number of nitrogens with zero attached hydrogens (tertiary/aromatic N) is 1. The van der Waals surface area contributed by atoms with Crippen molar-refractivity contribution in [2.45, 2.75) is 6.42 Å². The molecule has 2 aromatic carbocycles. The highest BCUT2D eigenvalue weighted by atomic mass is 35.5. The van der Waals surface area contributed by atoms with Crippen molar-refractivity contribution in [1.29, 1.82) is 0 Å². The molecule has 5 heteroatoms. The van der Waals surface area contributed by atoms with Crippen LogP contribution in [0.3, 0.4) is 0 Å². The van der Waals surface area contributed by atoms with E-state index in [0.717, 1.165) is 5.56 Å². The standard InChI is InChI=1S/C15H14Cl2N2O/c1-19(14-5-3-2-4-13(14)18)15(20)9-10-6-7-11(16)12(17)8-10/h2-8H,9,18H2,1H3. The zero-order chi connectivity index (χ0) is 14.7. The summed E-state index contributed by atoms with van der Waals surface area (Å²) in [4.78, 5) is 13.8. The highest BCUT2D eigenvalue weighted by Crippen LogP contribution is 2.24. The van der Waals surface area contributed by atoms with Crippen LogP contribution >= 0.6 is 23.2 Å². The van der Waals surface area contributed by atoms with Gasteiger partial charge in [0.25, 0.3) is 0 Å². The first-order valence-corrected chi connectivity index (χ1v) is 6.79. The average molecular weight is 309 g/mol. The van der Waals surface area contributed by atoms with Gasteiger partial charge in [-0.2, -0.15) is 0 Å². The van der Waals surface area contributed by atoms with E-state index in [1.807, 2.05) is 18.2 Å². The van der Waals surface area contributed by atoms with Gasteiger partial charge in [-0.25, -0.2) is 0 Å². The lowest BCUT2D eigenvalue weighted by atomic mass is 10.1. The molecule has 0 aliphatic carbocycles. The minimum absolute atomic E-state index is 0.0683. The Balaban J connectivity index is 2.15. The van der Waals surface area contributed by atoms with Crippen molar-refractivity contribution >= 4 is 40.5 Å². The molecule has 0 radical (unpaired) electrons. The molecule has 0 aliphatic heterocycles. The van der Waals surface area contributed by atoms with Crippen molar-refractivity contribution in [2.24, 2.45) is 0 Å². The minimum Gasteiger partial charge on any atom is -0.397 e. The highest BCUT2D eigenvalue weighted by molar-refractivity contribution is 6.42. The summed E-state index contributed by atoms with van der Waals surface area (Å²) in [5.41, 5.74) is 7.93. The van der Waals surface area contributed by atoms with E-state index < -0.39 is 0 Å². The second-order valence-electron chi connectivity index (χ2n) is 4.44. The zero-order valence-electron chi connectivity index (χ0n) is 10.9. The van der Waals surface area contributed by atoms with Gasteiger partial charge in [0, 0.05) is 7.05 Å². The van der Waals surface area contributed by atoms with Gasteiger partial charge in [0.15, 0.2) is 0 Å². The number of carbonyl (C=O) groups excluding carboxylic acids is 1.